The van der Waals surface area contributed by atoms with Crippen LogP contribution in [0.4, 0.5) is 5.69 Å². The molecule has 8 heteroatoms. The Balaban J connectivity index is 1.76. The lowest BCUT2D eigenvalue weighted by Crippen LogP contribution is -2.54. The van der Waals surface area contributed by atoms with E-state index in [9.17, 15) is 9.59 Å². The third-order valence-electron chi connectivity index (χ3n) is 5.62. The van der Waals surface area contributed by atoms with Gasteiger partial charge in [-0.25, -0.2) is 0 Å². The molecule has 1 aliphatic heterocycles. The number of halogens is 2. The van der Waals surface area contributed by atoms with Crippen LogP contribution in [0.3, 0.4) is 0 Å². The van der Waals surface area contributed by atoms with E-state index >= 15 is 0 Å². The molecule has 1 N–H and O–H groups in total. The molecule has 1 aliphatic rings. The molecule has 0 saturated carbocycles. The van der Waals surface area contributed by atoms with Crippen molar-refractivity contribution in [2.45, 2.75) is 27.2 Å². The van der Waals surface area contributed by atoms with Crippen LogP contribution in [0.5, 0.6) is 0 Å². The summed E-state index contributed by atoms with van der Waals surface area (Å²) in [6, 6.07) is 14.7. The number of hydrogen-bond donors (Lipinski definition) is 1. The van der Waals surface area contributed by atoms with E-state index in [0.29, 0.717) is 15.7 Å². The fraction of sp³-hybridized carbons (Fsp3) is 0.160. The lowest BCUT2D eigenvalue weighted by atomic mass is 10.1. The average Bonchev–Trinajstić information content (AvgIpc) is 3.06. The normalized spacial score (nSPS) is 15.4. The number of amides is 2. The Morgan fingerprint density at radius 3 is 2.39 bits per heavy atom. The number of hydrogen-bond acceptors (Lipinski definition) is 3. The molecule has 0 radical (unpaired) electrons. The average molecular weight is 498 g/mol. The predicted octanol–water partition coefficient (Wildman–Crippen LogP) is 5.79. The van der Waals surface area contributed by atoms with Crippen molar-refractivity contribution in [1.82, 2.24) is 9.88 Å². The van der Waals surface area contributed by atoms with Gasteiger partial charge in [0.1, 0.15) is 5.57 Å². The number of anilines is 1. The quantitative estimate of drug-likeness (QED) is 0.281. The Morgan fingerprint density at radius 2 is 1.73 bits per heavy atom. The van der Waals surface area contributed by atoms with E-state index in [2.05, 4.69) is 12.2 Å². The van der Waals surface area contributed by atoms with Gasteiger partial charge in [0, 0.05) is 16.4 Å². The van der Waals surface area contributed by atoms with E-state index in [0.717, 1.165) is 34.6 Å². The third kappa shape index (κ3) is 4.34. The summed E-state index contributed by atoms with van der Waals surface area (Å²) in [5.74, 6) is -1.00. The molecule has 2 aromatic carbocycles. The number of nitrogens with one attached hydrogen (secondary N) is 1. The van der Waals surface area contributed by atoms with E-state index in [4.69, 9.17) is 35.4 Å². The molecule has 0 spiro atoms. The van der Waals surface area contributed by atoms with Gasteiger partial charge in [-0.05, 0) is 86.1 Å². The standard InChI is InChI=1S/C25H21Cl2N3O2S/c1-4-16-5-8-19(9-6-16)30-24(32)20(23(31)28-25(30)33)12-17-11-14(2)29(15(17)3)22-13-18(26)7-10-21(22)27/h5-13H,4H2,1-3H3,(H,28,31,33). The zero-order valence-electron chi connectivity index (χ0n) is 18.3. The molecule has 1 aromatic heterocycles. The van der Waals surface area contributed by atoms with Crippen molar-refractivity contribution in [3.8, 4) is 5.69 Å². The molecule has 33 heavy (non-hydrogen) atoms. The Labute approximate surface area is 207 Å². The number of aryl methyl sites for hydroxylation is 2. The van der Waals surface area contributed by atoms with Gasteiger partial charge in [0.2, 0.25) is 0 Å². The fourth-order valence-electron chi connectivity index (χ4n) is 3.89. The van der Waals surface area contributed by atoms with E-state index in [-0.39, 0.29) is 10.7 Å². The third-order valence-corrected chi connectivity index (χ3v) is 6.46. The Hall–Kier alpha value is -2.93. The Morgan fingerprint density at radius 1 is 1.03 bits per heavy atom. The zero-order valence-corrected chi connectivity index (χ0v) is 20.6. The van der Waals surface area contributed by atoms with Crippen LogP contribution < -0.4 is 10.2 Å². The minimum atomic E-state index is -0.531. The maximum absolute atomic E-state index is 13.3. The molecule has 0 bridgehead atoms. The molecule has 2 heterocycles. The first-order valence-corrected chi connectivity index (χ1v) is 11.5. The summed E-state index contributed by atoms with van der Waals surface area (Å²) in [5, 5.41) is 3.79. The first-order valence-electron chi connectivity index (χ1n) is 10.4. The molecule has 3 aromatic rings. The second-order valence-corrected chi connectivity index (χ2v) is 8.97. The van der Waals surface area contributed by atoms with Gasteiger partial charge in [-0.15, -0.1) is 0 Å². The van der Waals surface area contributed by atoms with Crippen molar-refractivity contribution < 1.29 is 9.59 Å². The van der Waals surface area contributed by atoms with Gasteiger partial charge in [0.05, 0.1) is 16.4 Å². The number of carbonyl (C=O) groups excluding carboxylic acids is 2. The van der Waals surface area contributed by atoms with Crippen LogP contribution in [0.15, 0.2) is 54.1 Å². The van der Waals surface area contributed by atoms with Crippen molar-refractivity contribution >= 4 is 64.1 Å². The number of nitrogens with zero attached hydrogens (tertiary/aromatic N) is 2. The molecule has 0 aliphatic carbocycles. The van der Waals surface area contributed by atoms with E-state index in [1.54, 1.807) is 24.3 Å². The summed E-state index contributed by atoms with van der Waals surface area (Å²) in [4.78, 5) is 27.4. The molecular weight excluding hydrogens is 477 g/mol. The van der Waals surface area contributed by atoms with Crippen molar-refractivity contribution in [3.05, 3.63) is 86.7 Å². The highest BCUT2D eigenvalue weighted by atomic mass is 35.5. The number of carbonyl (C=O) groups is 2. The monoisotopic (exact) mass is 497 g/mol. The summed E-state index contributed by atoms with van der Waals surface area (Å²) in [7, 11) is 0. The van der Waals surface area contributed by atoms with Crippen LogP contribution in [0.2, 0.25) is 10.0 Å². The number of benzene rings is 2. The van der Waals surface area contributed by atoms with Crippen LogP contribution in [0.1, 0.15) is 29.4 Å². The van der Waals surface area contributed by atoms with E-state index in [1.165, 1.54) is 4.90 Å². The molecule has 4 rings (SSSR count). The van der Waals surface area contributed by atoms with Crippen molar-refractivity contribution in [2.24, 2.45) is 0 Å². The molecule has 1 saturated heterocycles. The maximum atomic E-state index is 13.3. The van der Waals surface area contributed by atoms with Gasteiger partial charge in [-0.2, -0.15) is 0 Å². The van der Waals surface area contributed by atoms with Gasteiger partial charge >= 0.3 is 0 Å². The van der Waals surface area contributed by atoms with Crippen molar-refractivity contribution in [2.75, 3.05) is 4.90 Å². The minimum Gasteiger partial charge on any atom is -0.316 e. The second kappa shape index (κ2) is 9.14. The van der Waals surface area contributed by atoms with Crippen LogP contribution in [-0.4, -0.2) is 21.5 Å². The summed E-state index contributed by atoms with van der Waals surface area (Å²) in [6.07, 6.45) is 2.47. The van der Waals surface area contributed by atoms with Gasteiger partial charge in [0.15, 0.2) is 5.11 Å². The zero-order chi connectivity index (χ0) is 23.9. The highest BCUT2D eigenvalue weighted by Gasteiger charge is 2.34. The molecule has 168 valence electrons. The van der Waals surface area contributed by atoms with Crippen LogP contribution in [-0.2, 0) is 16.0 Å². The van der Waals surface area contributed by atoms with Crippen LogP contribution in [0.25, 0.3) is 11.8 Å². The lowest BCUT2D eigenvalue weighted by molar-refractivity contribution is -0.122. The largest absolute Gasteiger partial charge is 0.316 e. The SMILES string of the molecule is CCc1ccc(N2C(=O)C(=Cc3cc(C)n(-c4cc(Cl)ccc4Cl)c3C)C(=O)NC2=S)cc1. The number of aromatic nitrogens is 1. The van der Waals surface area contributed by atoms with E-state index < -0.39 is 11.8 Å². The maximum Gasteiger partial charge on any atom is 0.270 e. The van der Waals surface area contributed by atoms with Crippen molar-refractivity contribution in [3.63, 3.8) is 0 Å². The first kappa shape index (κ1) is 23.2. The second-order valence-electron chi connectivity index (χ2n) is 7.74. The molecular formula is C25H21Cl2N3O2S. The summed E-state index contributed by atoms with van der Waals surface area (Å²) in [5.41, 5.74) is 4.88. The highest BCUT2D eigenvalue weighted by Crippen LogP contribution is 2.30. The lowest BCUT2D eigenvalue weighted by Gasteiger charge is -2.29. The van der Waals surface area contributed by atoms with Gasteiger partial charge < -0.3 is 4.57 Å². The minimum absolute atomic E-state index is 0.000564. The predicted molar refractivity (Wildman–Crippen MR) is 137 cm³/mol. The van der Waals surface area contributed by atoms with Gasteiger partial charge in [-0.1, -0.05) is 42.3 Å². The summed E-state index contributed by atoms with van der Waals surface area (Å²) >= 11 is 17.9. The smallest absolute Gasteiger partial charge is 0.270 e. The van der Waals surface area contributed by atoms with Gasteiger partial charge in [-0.3, -0.25) is 19.8 Å². The topological polar surface area (TPSA) is 54.3 Å². The Bertz CT molecular complexity index is 1330. The molecule has 0 unspecified atom stereocenters. The van der Waals surface area contributed by atoms with E-state index in [1.807, 2.05) is 48.7 Å². The molecule has 1 fully saturated rings. The summed E-state index contributed by atoms with van der Waals surface area (Å²) < 4.78 is 1.94. The van der Waals surface area contributed by atoms with Crippen molar-refractivity contribution in [1.29, 1.82) is 0 Å². The molecule has 0 atom stereocenters. The highest BCUT2D eigenvalue weighted by molar-refractivity contribution is 7.80. The molecule has 5 nitrogen and oxygen atoms in total. The van der Waals surface area contributed by atoms with Crippen LogP contribution >= 0.6 is 35.4 Å². The first-order chi connectivity index (χ1) is 15.7. The Kier molecular flexibility index (Phi) is 6.43. The summed E-state index contributed by atoms with van der Waals surface area (Å²) in [6.45, 7) is 5.87. The number of rotatable bonds is 4. The molecule has 2 amide bonds. The fourth-order valence-corrected chi connectivity index (χ4v) is 4.54. The van der Waals surface area contributed by atoms with Crippen LogP contribution in [0, 0.1) is 13.8 Å². The van der Waals surface area contributed by atoms with Gasteiger partial charge in [0.25, 0.3) is 11.8 Å². The number of thiocarbonyl (C=S) groups is 1.